The summed E-state index contributed by atoms with van der Waals surface area (Å²) in [5.41, 5.74) is 1.35. The molecule has 2 amide bonds. The molecule has 0 bridgehead atoms. The van der Waals surface area contributed by atoms with Crippen LogP contribution >= 0.6 is 0 Å². The van der Waals surface area contributed by atoms with Crippen molar-refractivity contribution < 1.29 is 18.7 Å². The molecule has 2 rings (SSSR count). The van der Waals surface area contributed by atoms with Gasteiger partial charge in [-0.15, -0.1) is 0 Å². The maximum absolute atomic E-state index is 12.5. The molecule has 0 saturated heterocycles. The fourth-order valence-corrected chi connectivity index (χ4v) is 2.36. The van der Waals surface area contributed by atoms with Crippen LogP contribution in [-0.2, 0) is 4.79 Å². The maximum Gasteiger partial charge on any atom is 0.290 e. The van der Waals surface area contributed by atoms with Gasteiger partial charge < -0.3 is 19.4 Å². The van der Waals surface area contributed by atoms with Crippen LogP contribution in [0.4, 0.5) is 0 Å². The Labute approximate surface area is 135 Å². The molecule has 0 aliphatic heterocycles. The minimum atomic E-state index is -0.323. The lowest BCUT2D eigenvalue weighted by Crippen LogP contribution is -2.40. The predicted octanol–water partition coefficient (Wildman–Crippen LogP) is 2.35. The van der Waals surface area contributed by atoms with E-state index in [2.05, 4.69) is 5.32 Å². The average molecular weight is 318 g/mol. The Hall–Kier alpha value is -2.50. The molecule has 1 heterocycles. The first-order valence-electron chi connectivity index (χ1n) is 7.45. The number of hydrogen-bond acceptors (Lipinski definition) is 4. The van der Waals surface area contributed by atoms with Crippen molar-refractivity contribution >= 4 is 22.8 Å². The molecule has 1 aromatic heterocycles. The number of carbonyl (C=O) groups excluding carboxylic acids is 2. The minimum Gasteiger partial charge on any atom is -0.497 e. The normalized spacial score (nSPS) is 10.9. The second-order valence-electron chi connectivity index (χ2n) is 5.80. The molecule has 23 heavy (non-hydrogen) atoms. The summed E-state index contributed by atoms with van der Waals surface area (Å²) < 4.78 is 10.9. The Morgan fingerprint density at radius 2 is 2.04 bits per heavy atom. The average Bonchev–Trinajstić information content (AvgIpc) is 2.82. The van der Waals surface area contributed by atoms with Gasteiger partial charge >= 0.3 is 0 Å². The molecule has 124 valence electrons. The van der Waals surface area contributed by atoms with Crippen molar-refractivity contribution in [1.29, 1.82) is 0 Å². The Bertz CT molecular complexity index is 734. The number of hydrogen-bond donors (Lipinski definition) is 1. The van der Waals surface area contributed by atoms with Crippen molar-refractivity contribution in [2.75, 3.05) is 20.7 Å². The van der Waals surface area contributed by atoms with E-state index in [1.807, 2.05) is 26.8 Å². The van der Waals surface area contributed by atoms with Crippen LogP contribution in [-0.4, -0.2) is 43.5 Å². The molecule has 0 aliphatic rings. The molecule has 0 aliphatic carbocycles. The zero-order valence-electron chi connectivity index (χ0n) is 14.1. The van der Waals surface area contributed by atoms with E-state index in [1.54, 1.807) is 26.3 Å². The number of amides is 2. The van der Waals surface area contributed by atoms with E-state index < -0.39 is 0 Å². The highest BCUT2D eigenvalue weighted by Crippen LogP contribution is 2.29. The number of nitrogens with zero attached hydrogens (tertiary/aromatic N) is 1. The Balaban J connectivity index is 2.23. The largest absolute Gasteiger partial charge is 0.497 e. The van der Waals surface area contributed by atoms with E-state index in [-0.39, 0.29) is 30.2 Å². The fraction of sp³-hybridized carbons (Fsp3) is 0.412. The molecule has 0 saturated carbocycles. The molecule has 6 nitrogen and oxygen atoms in total. The summed E-state index contributed by atoms with van der Waals surface area (Å²) >= 11 is 0. The number of nitrogens with one attached hydrogen (secondary N) is 1. The summed E-state index contributed by atoms with van der Waals surface area (Å²) in [6, 6.07) is 5.41. The van der Waals surface area contributed by atoms with Crippen molar-refractivity contribution in [3.63, 3.8) is 0 Å². The van der Waals surface area contributed by atoms with Gasteiger partial charge in [0.05, 0.1) is 13.7 Å². The van der Waals surface area contributed by atoms with Gasteiger partial charge in [0, 0.05) is 24.0 Å². The van der Waals surface area contributed by atoms with E-state index in [9.17, 15) is 9.59 Å². The van der Waals surface area contributed by atoms with Crippen LogP contribution in [0.5, 0.6) is 5.75 Å². The van der Waals surface area contributed by atoms with Crippen LogP contribution in [0.2, 0.25) is 0 Å². The minimum absolute atomic E-state index is 0.0170. The van der Waals surface area contributed by atoms with Crippen LogP contribution in [0.15, 0.2) is 22.6 Å². The van der Waals surface area contributed by atoms with Gasteiger partial charge in [-0.3, -0.25) is 9.59 Å². The third kappa shape index (κ3) is 3.64. The molecule has 1 aromatic carbocycles. The van der Waals surface area contributed by atoms with Crippen molar-refractivity contribution in [1.82, 2.24) is 10.2 Å². The van der Waals surface area contributed by atoms with Gasteiger partial charge in [-0.2, -0.15) is 0 Å². The lowest BCUT2D eigenvalue weighted by molar-refractivity contribution is -0.122. The highest BCUT2D eigenvalue weighted by atomic mass is 16.5. The van der Waals surface area contributed by atoms with Gasteiger partial charge in [-0.25, -0.2) is 0 Å². The number of furan rings is 1. The molecule has 0 atom stereocenters. The molecular formula is C17H22N2O4. The van der Waals surface area contributed by atoms with Crippen LogP contribution in [0.1, 0.15) is 30.0 Å². The van der Waals surface area contributed by atoms with E-state index in [1.165, 1.54) is 4.90 Å². The van der Waals surface area contributed by atoms with Crippen LogP contribution in [0.3, 0.4) is 0 Å². The number of rotatable bonds is 5. The van der Waals surface area contributed by atoms with Crippen LogP contribution in [0, 0.1) is 6.92 Å². The molecule has 6 heteroatoms. The van der Waals surface area contributed by atoms with E-state index in [0.717, 1.165) is 10.9 Å². The summed E-state index contributed by atoms with van der Waals surface area (Å²) in [5, 5.41) is 3.58. The first-order valence-corrected chi connectivity index (χ1v) is 7.45. The van der Waals surface area contributed by atoms with Crippen LogP contribution in [0.25, 0.3) is 11.0 Å². The van der Waals surface area contributed by atoms with Gasteiger partial charge in [-0.1, -0.05) is 0 Å². The smallest absolute Gasteiger partial charge is 0.290 e. The monoisotopic (exact) mass is 318 g/mol. The summed E-state index contributed by atoms with van der Waals surface area (Å²) in [4.78, 5) is 25.7. The second kappa shape index (κ2) is 6.73. The first-order chi connectivity index (χ1) is 10.8. The van der Waals surface area contributed by atoms with Crippen molar-refractivity contribution in [2.45, 2.75) is 26.8 Å². The highest BCUT2D eigenvalue weighted by Gasteiger charge is 2.22. The maximum atomic E-state index is 12.5. The summed E-state index contributed by atoms with van der Waals surface area (Å²) in [6.07, 6.45) is 0. The van der Waals surface area contributed by atoms with Crippen molar-refractivity contribution in [2.24, 2.45) is 0 Å². The molecule has 0 radical (unpaired) electrons. The molecule has 0 fully saturated rings. The Morgan fingerprint density at radius 1 is 1.35 bits per heavy atom. The third-order valence-electron chi connectivity index (χ3n) is 3.51. The van der Waals surface area contributed by atoms with Gasteiger partial charge in [-0.05, 0) is 39.0 Å². The molecule has 0 spiro atoms. The Kier molecular flexibility index (Phi) is 4.93. The lowest BCUT2D eigenvalue weighted by atomic mass is 10.1. The zero-order valence-corrected chi connectivity index (χ0v) is 14.1. The standard InChI is InChI=1S/C17H22N2O4/c1-10(2)18-15(20)9-19(4)17(21)16-11(3)13-8-12(22-5)6-7-14(13)23-16/h6-8,10H,9H2,1-5H3,(H,18,20). The van der Waals surface area contributed by atoms with Crippen LogP contribution < -0.4 is 10.1 Å². The second-order valence-corrected chi connectivity index (χ2v) is 5.80. The molecule has 2 aromatic rings. The van der Waals surface area contributed by atoms with Gasteiger partial charge in [0.15, 0.2) is 5.76 Å². The Morgan fingerprint density at radius 3 is 2.65 bits per heavy atom. The predicted molar refractivity (Wildman–Crippen MR) is 87.7 cm³/mol. The van der Waals surface area contributed by atoms with E-state index >= 15 is 0 Å². The first kappa shape index (κ1) is 16.9. The van der Waals surface area contributed by atoms with Gasteiger partial charge in [0.1, 0.15) is 11.3 Å². The zero-order chi connectivity index (χ0) is 17.1. The van der Waals surface area contributed by atoms with Gasteiger partial charge in [0.25, 0.3) is 5.91 Å². The number of ether oxygens (including phenoxy) is 1. The third-order valence-corrected chi connectivity index (χ3v) is 3.51. The molecule has 0 unspecified atom stereocenters. The number of fused-ring (bicyclic) bond motifs is 1. The highest BCUT2D eigenvalue weighted by molar-refractivity contribution is 6.00. The molecule has 1 N–H and O–H groups in total. The SMILES string of the molecule is COc1ccc2oc(C(=O)N(C)CC(=O)NC(C)C)c(C)c2c1. The summed E-state index contributed by atoms with van der Waals surface area (Å²) in [6.45, 7) is 5.55. The quantitative estimate of drug-likeness (QED) is 0.918. The fourth-order valence-electron chi connectivity index (χ4n) is 2.36. The number of methoxy groups -OCH3 is 1. The summed E-state index contributed by atoms with van der Waals surface area (Å²) in [5.74, 6) is 0.418. The lowest BCUT2D eigenvalue weighted by Gasteiger charge is -2.17. The summed E-state index contributed by atoms with van der Waals surface area (Å²) in [7, 11) is 3.17. The van der Waals surface area contributed by atoms with E-state index in [4.69, 9.17) is 9.15 Å². The van der Waals surface area contributed by atoms with Crippen molar-refractivity contribution in [3.05, 3.63) is 29.5 Å². The van der Waals surface area contributed by atoms with Gasteiger partial charge in [0.2, 0.25) is 5.91 Å². The van der Waals surface area contributed by atoms with E-state index in [0.29, 0.717) is 11.3 Å². The number of carbonyl (C=O) groups is 2. The number of benzene rings is 1. The molecular weight excluding hydrogens is 296 g/mol. The number of likely N-dealkylation sites (N-methyl/N-ethyl adjacent to an activating group) is 1. The topological polar surface area (TPSA) is 71.8 Å². The number of aryl methyl sites for hydroxylation is 1. The van der Waals surface area contributed by atoms with Crippen molar-refractivity contribution in [3.8, 4) is 5.75 Å².